The van der Waals surface area contributed by atoms with Gasteiger partial charge in [0.05, 0.1) is 18.6 Å². The minimum Gasteiger partial charge on any atom is -0.493 e. The summed E-state index contributed by atoms with van der Waals surface area (Å²) in [5, 5.41) is 11.5. The molecule has 2 aromatic rings. The molecule has 0 aromatic heterocycles. The second-order valence-corrected chi connectivity index (χ2v) is 7.54. The van der Waals surface area contributed by atoms with Crippen LogP contribution in [0.3, 0.4) is 0 Å². The molecule has 3 rings (SSSR count). The van der Waals surface area contributed by atoms with Gasteiger partial charge in [-0.1, -0.05) is 11.6 Å². The highest BCUT2D eigenvalue weighted by atomic mass is 35.5. The van der Waals surface area contributed by atoms with E-state index in [4.69, 9.17) is 25.8 Å². The summed E-state index contributed by atoms with van der Waals surface area (Å²) in [6.45, 7) is 2.41. The molecule has 1 unspecified atom stereocenters. The summed E-state index contributed by atoms with van der Waals surface area (Å²) in [6.07, 6.45) is 2.17. The second kappa shape index (κ2) is 10.3. The van der Waals surface area contributed by atoms with E-state index in [-0.39, 0.29) is 40.5 Å². The number of carbonyl (C=O) groups excluding carboxylic acids is 2. The van der Waals surface area contributed by atoms with Crippen LogP contribution in [0.25, 0.3) is 0 Å². The van der Waals surface area contributed by atoms with Crippen molar-refractivity contribution >= 4 is 29.2 Å². The Bertz CT molecular complexity index is 1030. The number of likely N-dealkylation sites (tertiary alicyclic amines) is 1. The molecule has 0 spiro atoms. The Balaban J connectivity index is 1.87. The fraction of sp³-hybridized carbons (Fsp3) is 0.364. The summed E-state index contributed by atoms with van der Waals surface area (Å²) >= 11 is 5.85. The van der Waals surface area contributed by atoms with Crippen LogP contribution in [0.4, 0.5) is 5.69 Å². The normalized spacial score (nSPS) is 15.7. The number of amides is 1. The lowest BCUT2D eigenvalue weighted by Crippen LogP contribution is -2.48. The summed E-state index contributed by atoms with van der Waals surface area (Å²) < 4.78 is 16.2. The number of ether oxygens (including phenoxy) is 3. The van der Waals surface area contributed by atoms with Crippen molar-refractivity contribution < 1.29 is 28.7 Å². The predicted molar refractivity (Wildman–Crippen MR) is 116 cm³/mol. The van der Waals surface area contributed by atoms with Gasteiger partial charge in [0.15, 0.2) is 11.5 Å². The largest absolute Gasteiger partial charge is 0.493 e. The van der Waals surface area contributed by atoms with Crippen molar-refractivity contribution in [3.05, 3.63) is 57.1 Å². The third-order valence-electron chi connectivity index (χ3n) is 5.07. The maximum atomic E-state index is 13.2. The van der Waals surface area contributed by atoms with Gasteiger partial charge < -0.3 is 19.1 Å². The van der Waals surface area contributed by atoms with Crippen molar-refractivity contribution in [2.45, 2.75) is 32.2 Å². The molecule has 1 heterocycles. The molecule has 2 aromatic carbocycles. The van der Waals surface area contributed by atoms with E-state index in [1.165, 1.54) is 48.4 Å². The van der Waals surface area contributed by atoms with Crippen molar-refractivity contribution in [2.75, 3.05) is 20.3 Å². The van der Waals surface area contributed by atoms with E-state index in [0.717, 1.165) is 12.8 Å². The number of piperidine rings is 1. The number of rotatable bonds is 7. The first kappa shape index (κ1) is 23.3. The number of benzene rings is 2. The molecule has 1 aliphatic heterocycles. The second-order valence-electron chi connectivity index (χ2n) is 7.10. The fourth-order valence-corrected chi connectivity index (χ4v) is 3.71. The predicted octanol–water partition coefficient (Wildman–Crippen LogP) is 4.61. The van der Waals surface area contributed by atoms with Crippen LogP contribution < -0.4 is 9.47 Å². The van der Waals surface area contributed by atoms with E-state index in [1.807, 2.05) is 0 Å². The third-order valence-corrected chi connectivity index (χ3v) is 5.31. The zero-order valence-electron chi connectivity index (χ0n) is 17.7. The summed E-state index contributed by atoms with van der Waals surface area (Å²) in [6, 6.07) is 7.92. The molecule has 10 heteroatoms. The lowest BCUT2D eigenvalue weighted by Gasteiger charge is -2.34. The highest BCUT2D eigenvalue weighted by Crippen LogP contribution is 2.38. The topological polar surface area (TPSA) is 108 Å². The van der Waals surface area contributed by atoms with Crippen LogP contribution in [-0.4, -0.2) is 48.0 Å². The van der Waals surface area contributed by atoms with Gasteiger partial charge in [-0.05, 0) is 56.5 Å². The van der Waals surface area contributed by atoms with Crippen molar-refractivity contribution in [3.8, 4) is 17.2 Å². The molecule has 0 saturated carbocycles. The monoisotopic (exact) mass is 462 g/mol. The van der Waals surface area contributed by atoms with Gasteiger partial charge in [0.1, 0.15) is 6.04 Å². The van der Waals surface area contributed by atoms with E-state index in [1.54, 1.807) is 6.92 Å². The Labute approximate surface area is 190 Å². The van der Waals surface area contributed by atoms with Crippen LogP contribution >= 0.6 is 11.6 Å². The van der Waals surface area contributed by atoms with Crippen LogP contribution in [-0.2, 0) is 9.53 Å². The van der Waals surface area contributed by atoms with Gasteiger partial charge >= 0.3 is 11.7 Å². The van der Waals surface area contributed by atoms with Crippen LogP contribution in [0, 0.1) is 10.1 Å². The van der Waals surface area contributed by atoms with Gasteiger partial charge in [0, 0.05) is 23.2 Å². The molecule has 0 aliphatic carbocycles. The zero-order chi connectivity index (χ0) is 23.3. The van der Waals surface area contributed by atoms with Crippen LogP contribution in [0.5, 0.6) is 17.2 Å². The number of carbonyl (C=O) groups is 2. The van der Waals surface area contributed by atoms with Gasteiger partial charge in [-0.15, -0.1) is 0 Å². The summed E-state index contributed by atoms with van der Waals surface area (Å²) in [7, 11) is 1.40. The van der Waals surface area contributed by atoms with Crippen molar-refractivity contribution in [2.24, 2.45) is 0 Å². The smallest absolute Gasteiger partial charge is 0.328 e. The van der Waals surface area contributed by atoms with E-state index < -0.39 is 16.9 Å². The summed E-state index contributed by atoms with van der Waals surface area (Å²) in [5.41, 5.74) is 0.00121. The minimum atomic E-state index is -0.630. The molecular weight excluding hydrogens is 440 g/mol. The maximum absolute atomic E-state index is 13.2. The standard InChI is InChI=1S/C22H23ClN2O7/c1-3-31-22(27)16-6-4-5-11-24(16)21(26)14-7-9-19(20(12-14)30-2)32-18-10-8-15(23)13-17(18)25(28)29/h7-10,12-13,16H,3-6,11H2,1-2H3. The quantitative estimate of drug-likeness (QED) is 0.336. The molecule has 9 nitrogen and oxygen atoms in total. The SMILES string of the molecule is CCOC(=O)C1CCCCN1C(=O)c1ccc(Oc2ccc(Cl)cc2[N+](=O)[O-])c(OC)c1. The molecule has 1 aliphatic rings. The Morgan fingerprint density at radius 1 is 1.16 bits per heavy atom. The number of esters is 1. The molecule has 1 amide bonds. The van der Waals surface area contributed by atoms with Crippen LogP contribution in [0.15, 0.2) is 36.4 Å². The number of nitro groups is 1. The summed E-state index contributed by atoms with van der Waals surface area (Å²) in [4.78, 5) is 37.7. The number of methoxy groups -OCH3 is 1. The average molecular weight is 463 g/mol. The molecule has 1 saturated heterocycles. The first-order chi connectivity index (χ1) is 15.3. The van der Waals surface area contributed by atoms with Gasteiger partial charge in [-0.25, -0.2) is 4.79 Å². The number of halogens is 1. The Hall–Kier alpha value is -3.33. The molecule has 0 N–H and O–H groups in total. The molecule has 1 fully saturated rings. The highest BCUT2D eigenvalue weighted by molar-refractivity contribution is 6.30. The molecule has 170 valence electrons. The van der Waals surface area contributed by atoms with E-state index in [0.29, 0.717) is 18.5 Å². The lowest BCUT2D eigenvalue weighted by molar-refractivity contribution is -0.385. The van der Waals surface area contributed by atoms with Gasteiger partial charge in [-0.2, -0.15) is 0 Å². The van der Waals surface area contributed by atoms with E-state index in [9.17, 15) is 19.7 Å². The number of hydrogen-bond acceptors (Lipinski definition) is 7. The first-order valence-electron chi connectivity index (χ1n) is 10.1. The van der Waals surface area contributed by atoms with Crippen molar-refractivity contribution in [1.82, 2.24) is 4.90 Å². The number of nitrogens with zero attached hydrogens (tertiary/aromatic N) is 2. The van der Waals surface area contributed by atoms with Gasteiger partial charge in [-0.3, -0.25) is 14.9 Å². The Morgan fingerprint density at radius 2 is 1.91 bits per heavy atom. The maximum Gasteiger partial charge on any atom is 0.328 e. The third kappa shape index (κ3) is 5.11. The molecule has 0 bridgehead atoms. The van der Waals surface area contributed by atoms with Crippen molar-refractivity contribution in [3.63, 3.8) is 0 Å². The zero-order valence-corrected chi connectivity index (χ0v) is 18.5. The van der Waals surface area contributed by atoms with Gasteiger partial charge in [0.25, 0.3) is 5.91 Å². The highest BCUT2D eigenvalue weighted by Gasteiger charge is 2.34. The van der Waals surface area contributed by atoms with Gasteiger partial charge in [0.2, 0.25) is 5.75 Å². The number of nitro benzene ring substituents is 1. The van der Waals surface area contributed by atoms with E-state index in [2.05, 4.69) is 0 Å². The summed E-state index contributed by atoms with van der Waals surface area (Å²) in [5.74, 6) is -0.359. The first-order valence-corrected chi connectivity index (χ1v) is 10.5. The Morgan fingerprint density at radius 3 is 2.59 bits per heavy atom. The Kier molecular flexibility index (Phi) is 7.53. The fourth-order valence-electron chi connectivity index (χ4n) is 3.55. The average Bonchev–Trinajstić information content (AvgIpc) is 2.80. The molecule has 0 radical (unpaired) electrons. The molecule has 1 atom stereocenters. The lowest BCUT2D eigenvalue weighted by atomic mass is 10.0. The van der Waals surface area contributed by atoms with E-state index >= 15 is 0 Å². The molecule has 32 heavy (non-hydrogen) atoms. The molecular formula is C22H23ClN2O7. The van der Waals surface area contributed by atoms with Crippen LogP contribution in [0.2, 0.25) is 5.02 Å². The van der Waals surface area contributed by atoms with Crippen LogP contribution in [0.1, 0.15) is 36.5 Å². The minimum absolute atomic E-state index is 0.0183. The number of hydrogen-bond donors (Lipinski definition) is 0. The van der Waals surface area contributed by atoms with Crippen molar-refractivity contribution in [1.29, 1.82) is 0 Å².